The smallest absolute Gasteiger partial charge is 0.330 e. The lowest BCUT2D eigenvalue weighted by atomic mass is 9.87. The first-order valence-electron chi connectivity index (χ1n) is 29.1. The zero-order chi connectivity index (χ0) is 62.1. The summed E-state index contributed by atoms with van der Waals surface area (Å²) in [5.74, 6) is -4.89. The van der Waals surface area contributed by atoms with Crippen molar-refractivity contribution in [2.75, 3.05) is 74.8 Å². The number of aryl methyl sites for hydroxylation is 1. The van der Waals surface area contributed by atoms with Crippen molar-refractivity contribution in [3.63, 3.8) is 0 Å². The number of Topliss-reactive ketones (excluding diaryl/α,β-unsaturated/α-hetero) is 1. The number of ketones is 1. The Bertz CT molecular complexity index is 3080. The van der Waals surface area contributed by atoms with Gasteiger partial charge in [0.25, 0.3) is 11.8 Å². The molecule has 2 fully saturated rings. The molecule has 0 radical (unpaired) electrons. The first-order chi connectivity index (χ1) is 41.2. The Kier molecular flexibility index (Phi) is 23.0. The van der Waals surface area contributed by atoms with Crippen LogP contribution in [0.4, 0.5) is 0 Å². The molecule has 6 atom stereocenters. The number of amides is 6. The average Bonchev–Trinajstić information content (AvgIpc) is 3.48. The average molecular weight is 1190 g/mol. The van der Waals surface area contributed by atoms with Crippen LogP contribution in [0, 0.1) is 5.41 Å². The summed E-state index contributed by atoms with van der Waals surface area (Å²) >= 11 is 0. The number of hydrogen-bond acceptors (Lipinski definition) is 15. The molecule has 21 heteroatoms. The van der Waals surface area contributed by atoms with Crippen molar-refractivity contribution in [1.82, 2.24) is 29.8 Å². The van der Waals surface area contributed by atoms with Crippen molar-refractivity contribution in [3.05, 3.63) is 138 Å². The van der Waals surface area contributed by atoms with Crippen molar-refractivity contribution >= 4 is 53.2 Å². The van der Waals surface area contributed by atoms with Crippen LogP contribution in [0.25, 0.3) is 0 Å². The molecule has 0 aromatic heterocycles. The Morgan fingerprint density at radius 1 is 0.663 bits per heavy atom. The number of cyclic esters (lactones) is 2. The number of likely N-dealkylation sites (N-methyl/N-ethyl adjacent to an activating group) is 3. The van der Waals surface area contributed by atoms with Gasteiger partial charge >= 0.3 is 11.9 Å². The molecule has 2 bridgehead atoms. The monoisotopic (exact) mass is 1180 g/mol. The Labute approximate surface area is 502 Å². The first-order valence-corrected chi connectivity index (χ1v) is 29.1. The van der Waals surface area contributed by atoms with Gasteiger partial charge in [-0.2, -0.15) is 0 Å². The third-order valence-electron chi connectivity index (χ3n) is 16.0. The van der Waals surface area contributed by atoms with E-state index in [0.29, 0.717) is 54.7 Å². The number of piperidine rings is 1. The number of fused-ring (bicyclic) bond motifs is 4. The van der Waals surface area contributed by atoms with E-state index in [1.165, 1.54) is 85.7 Å². The van der Waals surface area contributed by atoms with Gasteiger partial charge in [-0.1, -0.05) is 84.9 Å². The molecule has 6 amide bonds. The molecule has 3 aliphatic heterocycles. The second kappa shape index (κ2) is 30.5. The van der Waals surface area contributed by atoms with E-state index in [2.05, 4.69) is 5.32 Å². The highest BCUT2D eigenvalue weighted by molar-refractivity contribution is 6.38. The number of benzene rings is 4. The fourth-order valence-electron chi connectivity index (χ4n) is 10.6. The van der Waals surface area contributed by atoms with E-state index in [0.717, 1.165) is 11.1 Å². The van der Waals surface area contributed by atoms with Gasteiger partial charge < -0.3 is 58.2 Å². The van der Waals surface area contributed by atoms with Crippen molar-refractivity contribution < 1.29 is 71.6 Å². The highest BCUT2D eigenvalue weighted by atomic mass is 16.5. The molecule has 4 aromatic carbocycles. The zero-order valence-corrected chi connectivity index (χ0v) is 50.4. The van der Waals surface area contributed by atoms with Gasteiger partial charge in [-0.3, -0.25) is 33.6 Å². The van der Waals surface area contributed by atoms with E-state index in [-0.39, 0.29) is 63.8 Å². The number of esters is 2. The predicted octanol–water partition coefficient (Wildman–Crippen LogP) is 5.98. The highest BCUT2D eigenvalue weighted by Crippen LogP contribution is 2.33. The SMILES string of the molecule is COc1ccc(CC[C@H]2OC(=O)[C@@H]3CCCCN3C(=O)C(=O)C(C)(C)COC(=O)/C=C\CCN(C)C(=O)[C@@H]3CCCN3C(=O)[C@H](COCc3ccccc3)N(C)C(=O)C(c3ccccc3)NC(=O)[C@H](C)N(C)C(=O)COc3cccc2c3)cc1OC. The molecule has 4 aromatic rings. The molecular weight excluding hydrogens is 1100 g/mol. The van der Waals surface area contributed by atoms with Crippen molar-refractivity contribution in [2.24, 2.45) is 5.41 Å². The topological polar surface area (TPSA) is 237 Å². The second-order valence-electron chi connectivity index (χ2n) is 22.5. The number of nitrogens with zero attached hydrogens (tertiary/aromatic N) is 5. The van der Waals surface area contributed by atoms with Crippen LogP contribution < -0.4 is 19.5 Å². The zero-order valence-electron chi connectivity index (χ0n) is 50.4. The van der Waals surface area contributed by atoms with E-state index < -0.39 is 102 Å². The van der Waals surface area contributed by atoms with Gasteiger partial charge in [0.05, 0.1) is 32.8 Å². The third kappa shape index (κ3) is 16.6. The Balaban J connectivity index is 1.18. The number of hydrogen-bond donors (Lipinski definition) is 1. The fourth-order valence-corrected chi connectivity index (χ4v) is 10.6. The van der Waals surface area contributed by atoms with Crippen LogP contribution in [-0.4, -0.2) is 177 Å². The van der Waals surface area contributed by atoms with Crippen LogP contribution in [0.3, 0.4) is 0 Å². The van der Waals surface area contributed by atoms with E-state index in [1.807, 2.05) is 42.5 Å². The molecular formula is C65H80N6O15. The predicted molar refractivity (Wildman–Crippen MR) is 316 cm³/mol. The van der Waals surface area contributed by atoms with Crippen molar-refractivity contribution in [3.8, 4) is 17.2 Å². The summed E-state index contributed by atoms with van der Waals surface area (Å²) in [5.41, 5.74) is 1.06. The van der Waals surface area contributed by atoms with E-state index in [9.17, 15) is 43.2 Å². The molecule has 0 saturated carbocycles. The standard InChI is InChI=1S/C65H80N6O15/c1-43-59(75)66-57(46-23-13-10-14-24-46)62(78)69(6)51(40-83-39-45-21-11-9-12-22-45)61(77)70-36-20-28-49(70)60(76)67(4)34-17-16-29-56(73)85-42-65(2,3)58(74)63(79)71-35-18-15-27-50(71)64(80)86-52(32-30-44-31-33-53(81-7)54(37-44)82-8)47-25-19-26-48(38-47)84-41-55(72)68(43)5/h9-14,16,19,21-26,29,31,33,37-38,43,49-52,57H,15,17-18,20,27-28,30,32,34-36,39-42H2,1-8H3,(H,66,75)/b29-16-/t43-,49-,50-,51-,52+,57?/m0/s1. The summed E-state index contributed by atoms with van der Waals surface area (Å²) in [7, 11) is 7.52. The summed E-state index contributed by atoms with van der Waals surface area (Å²) in [5, 5.41) is 2.84. The molecule has 1 N–H and O–H groups in total. The van der Waals surface area contributed by atoms with Crippen molar-refractivity contribution in [1.29, 1.82) is 0 Å². The molecule has 3 heterocycles. The molecule has 0 spiro atoms. The number of carbonyl (C=O) groups excluding carboxylic acids is 9. The molecule has 7 rings (SSSR count). The lowest BCUT2D eigenvalue weighted by Crippen LogP contribution is -2.57. The van der Waals surface area contributed by atoms with Gasteiger partial charge in [0.2, 0.25) is 29.4 Å². The van der Waals surface area contributed by atoms with E-state index in [1.54, 1.807) is 67.7 Å². The molecule has 2 saturated heterocycles. The Morgan fingerprint density at radius 2 is 1.35 bits per heavy atom. The summed E-state index contributed by atoms with van der Waals surface area (Å²) in [6.07, 6.45) is 4.75. The number of carbonyl (C=O) groups is 9. The Morgan fingerprint density at radius 3 is 2.07 bits per heavy atom. The largest absolute Gasteiger partial charge is 0.493 e. The minimum Gasteiger partial charge on any atom is -0.493 e. The number of methoxy groups -OCH3 is 2. The maximum atomic E-state index is 15.0. The lowest BCUT2D eigenvalue weighted by molar-refractivity contribution is -0.165. The fraction of sp³-hybridized carbons (Fsp3) is 0.462. The minimum atomic E-state index is -1.50. The van der Waals surface area contributed by atoms with Crippen LogP contribution >= 0.6 is 0 Å². The van der Waals surface area contributed by atoms with Gasteiger partial charge in [-0.25, -0.2) is 9.59 Å². The van der Waals surface area contributed by atoms with E-state index >= 15 is 0 Å². The summed E-state index contributed by atoms with van der Waals surface area (Å²) in [4.78, 5) is 135. The van der Waals surface area contributed by atoms with Gasteiger partial charge in [0, 0.05) is 46.9 Å². The maximum absolute atomic E-state index is 15.0. The van der Waals surface area contributed by atoms with Crippen LogP contribution in [-0.2, 0) is 70.4 Å². The van der Waals surface area contributed by atoms with E-state index in [4.69, 9.17) is 28.4 Å². The molecule has 460 valence electrons. The van der Waals surface area contributed by atoms with Gasteiger partial charge in [0.15, 0.2) is 18.1 Å². The molecule has 0 aliphatic carbocycles. The third-order valence-corrected chi connectivity index (χ3v) is 16.0. The quantitative estimate of drug-likeness (QED) is 0.142. The minimum absolute atomic E-state index is 0.102. The number of nitrogens with one attached hydrogen (secondary N) is 1. The van der Waals surface area contributed by atoms with Crippen LogP contribution in [0.5, 0.6) is 17.2 Å². The normalized spacial score (nSPS) is 23.5. The molecule has 21 nitrogen and oxygen atoms in total. The molecule has 3 aliphatic rings. The first kappa shape index (κ1) is 65.0. The molecule has 1 unspecified atom stereocenters. The van der Waals surface area contributed by atoms with Crippen molar-refractivity contribution in [2.45, 2.75) is 115 Å². The van der Waals surface area contributed by atoms with Crippen LogP contribution in [0.2, 0.25) is 0 Å². The van der Waals surface area contributed by atoms with Crippen LogP contribution in [0.15, 0.2) is 115 Å². The number of rotatable bonds is 10. The lowest BCUT2D eigenvalue weighted by Gasteiger charge is -2.36. The number of ether oxygens (including phenoxy) is 6. The summed E-state index contributed by atoms with van der Waals surface area (Å²) < 4.78 is 35.0. The second-order valence-corrected chi connectivity index (χ2v) is 22.5. The van der Waals surface area contributed by atoms with Gasteiger partial charge in [-0.05, 0) is 119 Å². The maximum Gasteiger partial charge on any atom is 0.330 e. The highest BCUT2D eigenvalue weighted by Gasteiger charge is 2.44. The van der Waals surface area contributed by atoms with Gasteiger partial charge in [-0.15, -0.1) is 0 Å². The summed E-state index contributed by atoms with van der Waals surface area (Å²) in [6, 6.07) is 24.1. The van der Waals surface area contributed by atoms with Crippen LogP contribution in [0.1, 0.15) is 100 Å². The Hall–Kier alpha value is -8.59. The molecule has 86 heavy (non-hydrogen) atoms. The summed E-state index contributed by atoms with van der Waals surface area (Å²) in [6.45, 7) is 3.80. The van der Waals surface area contributed by atoms with Gasteiger partial charge in [0.1, 0.15) is 48.7 Å².